The number of phenols is 1. The van der Waals surface area contributed by atoms with Gasteiger partial charge in [-0.2, -0.15) is 0 Å². The Morgan fingerprint density at radius 3 is 2.33 bits per heavy atom. The van der Waals surface area contributed by atoms with Gasteiger partial charge in [-0.15, -0.1) is 0 Å². The number of aromatic hydroxyl groups is 1. The molecule has 21 heavy (non-hydrogen) atoms. The molecule has 104 valence electrons. The zero-order valence-corrected chi connectivity index (χ0v) is 11.6. The lowest BCUT2D eigenvalue weighted by Crippen LogP contribution is -2.13. The summed E-state index contributed by atoms with van der Waals surface area (Å²) >= 11 is 0. The standard InChI is InChI=1S/C18H15NO2/c1-12-6-2-5-9-16(12)19-18(21)15-10-11-17(20)14-8-4-3-7-13(14)15/h2-11,20H,1H3,(H,19,21). The van der Waals surface area contributed by atoms with Gasteiger partial charge in [0, 0.05) is 16.6 Å². The van der Waals surface area contributed by atoms with Crippen LogP contribution >= 0.6 is 0 Å². The van der Waals surface area contributed by atoms with E-state index in [9.17, 15) is 9.90 Å². The van der Waals surface area contributed by atoms with E-state index in [0.717, 1.165) is 16.6 Å². The van der Waals surface area contributed by atoms with E-state index >= 15 is 0 Å². The second-order valence-electron chi connectivity index (χ2n) is 4.95. The molecule has 0 aliphatic heterocycles. The largest absolute Gasteiger partial charge is 0.507 e. The fourth-order valence-corrected chi connectivity index (χ4v) is 2.38. The molecule has 0 saturated carbocycles. The topological polar surface area (TPSA) is 49.3 Å². The third-order valence-electron chi connectivity index (χ3n) is 3.54. The van der Waals surface area contributed by atoms with Crippen molar-refractivity contribution >= 4 is 22.4 Å². The zero-order valence-electron chi connectivity index (χ0n) is 11.6. The summed E-state index contributed by atoms with van der Waals surface area (Å²) < 4.78 is 0. The Balaban J connectivity index is 2.03. The van der Waals surface area contributed by atoms with E-state index in [1.165, 1.54) is 0 Å². The van der Waals surface area contributed by atoms with Gasteiger partial charge in [-0.05, 0) is 36.1 Å². The molecule has 3 nitrogen and oxygen atoms in total. The molecule has 3 heteroatoms. The maximum Gasteiger partial charge on any atom is 0.256 e. The van der Waals surface area contributed by atoms with Crippen LogP contribution in [0, 0.1) is 6.92 Å². The first kappa shape index (κ1) is 13.2. The van der Waals surface area contributed by atoms with Crippen LogP contribution in [0.2, 0.25) is 0 Å². The van der Waals surface area contributed by atoms with Crippen LogP contribution in [0.25, 0.3) is 10.8 Å². The minimum atomic E-state index is -0.180. The van der Waals surface area contributed by atoms with Crippen molar-refractivity contribution in [1.29, 1.82) is 0 Å². The van der Waals surface area contributed by atoms with Crippen molar-refractivity contribution < 1.29 is 9.90 Å². The molecule has 0 fully saturated rings. The van der Waals surface area contributed by atoms with Crippen LogP contribution in [0.3, 0.4) is 0 Å². The molecule has 0 aromatic heterocycles. The van der Waals surface area contributed by atoms with E-state index in [2.05, 4.69) is 5.32 Å². The quantitative estimate of drug-likeness (QED) is 0.740. The third-order valence-corrected chi connectivity index (χ3v) is 3.54. The molecule has 0 spiro atoms. The van der Waals surface area contributed by atoms with Gasteiger partial charge in [0.05, 0.1) is 0 Å². The van der Waals surface area contributed by atoms with Crippen LogP contribution in [-0.2, 0) is 0 Å². The van der Waals surface area contributed by atoms with E-state index in [-0.39, 0.29) is 11.7 Å². The number of phenolic OH excluding ortho intramolecular Hbond substituents is 1. The summed E-state index contributed by atoms with van der Waals surface area (Å²) in [4.78, 5) is 12.5. The lowest BCUT2D eigenvalue weighted by atomic mass is 10.0. The molecule has 0 radical (unpaired) electrons. The third kappa shape index (κ3) is 2.46. The number of carbonyl (C=O) groups is 1. The predicted octanol–water partition coefficient (Wildman–Crippen LogP) is 4.11. The highest BCUT2D eigenvalue weighted by Gasteiger charge is 2.12. The van der Waals surface area contributed by atoms with Crippen molar-refractivity contribution in [2.75, 3.05) is 5.32 Å². The molecule has 1 amide bonds. The number of benzene rings is 3. The number of carbonyl (C=O) groups excluding carboxylic acids is 1. The number of rotatable bonds is 2. The van der Waals surface area contributed by atoms with Crippen molar-refractivity contribution in [1.82, 2.24) is 0 Å². The normalized spacial score (nSPS) is 10.5. The van der Waals surface area contributed by atoms with Crippen LogP contribution in [0.15, 0.2) is 60.7 Å². The molecule has 0 unspecified atom stereocenters. The summed E-state index contributed by atoms with van der Waals surface area (Å²) in [5.41, 5.74) is 2.35. The minimum Gasteiger partial charge on any atom is -0.507 e. The average molecular weight is 277 g/mol. The molecule has 0 saturated heterocycles. The Morgan fingerprint density at radius 1 is 0.905 bits per heavy atom. The van der Waals surface area contributed by atoms with E-state index in [4.69, 9.17) is 0 Å². The predicted molar refractivity (Wildman–Crippen MR) is 84.7 cm³/mol. The number of nitrogens with one attached hydrogen (secondary N) is 1. The minimum absolute atomic E-state index is 0.179. The Hall–Kier alpha value is -2.81. The first-order chi connectivity index (χ1) is 10.2. The highest BCUT2D eigenvalue weighted by atomic mass is 16.3. The number of amides is 1. The molecule has 0 bridgehead atoms. The van der Waals surface area contributed by atoms with Crippen LogP contribution in [-0.4, -0.2) is 11.0 Å². The van der Waals surface area contributed by atoms with Gasteiger partial charge >= 0.3 is 0 Å². The van der Waals surface area contributed by atoms with E-state index in [1.807, 2.05) is 49.4 Å². The number of para-hydroxylation sites is 1. The Kier molecular flexibility index (Phi) is 3.32. The maximum atomic E-state index is 12.5. The highest BCUT2D eigenvalue weighted by Crippen LogP contribution is 2.28. The van der Waals surface area contributed by atoms with Gasteiger partial charge in [0.2, 0.25) is 0 Å². The Morgan fingerprint density at radius 2 is 1.57 bits per heavy atom. The monoisotopic (exact) mass is 277 g/mol. The van der Waals surface area contributed by atoms with E-state index in [1.54, 1.807) is 18.2 Å². The summed E-state index contributed by atoms with van der Waals surface area (Å²) in [7, 11) is 0. The average Bonchev–Trinajstić information content (AvgIpc) is 2.50. The van der Waals surface area contributed by atoms with Gasteiger partial charge in [-0.3, -0.25) is 4.79 Å². The summed E-state index contributed by atoms with van der Waals surface area (Å²) in [6, 6.07) is 18.2. The number of aryl methyl sites for hydroxylation is 1. The molecule has 0 aliphatic carbocycles. The highest BCUT2D eigenvalue weighted by molar-refractivity contribution is 6.14. The van der Waals surface area contributed by atoms with E-state index in [0.29, 0.717) is 10.9 Å². The van der Waals surface area contributed by atoms with Gasteiger partial charge in [-0.25, -0.2) is 0 Å². The van der Waals surface area contributed by atoms with Crippen LogP contribution in [0.1, 0.15) is 15.9 Å². The van der Waals surface area contributed by atoms with Crippen molar-refractivity contribution in [3.8, 4) is 5.75 Å². The van der Waals surface area contributed by atoms with Gasteiger partial charge in [0.1, 0.15) is 5.75 Å². The zero-order chi connectivity index (χ0) is 14.8. The Labute approximate surface area is 122 Å². The van der Waals surface area contributed by atoms with Crippen LogP contribution in [0.4, 0.5) is 5.69 Å². The number of anilines is 1. The SMILES string of the molecule is Cc1ccccc1NC(=O)c1ccc(O)c2ccccc12. The van der Waals surface area contributed by atoms with Crippen molar-refractivity contribution in [3.05, 3.63) is 71.8 Å². The van der Waals surface area contributed by atoms with Gasteiger partial charge in [-0.1, -0.05) is 42.5 Å². The summed E-state index contributed by atoms with van der Waals surface area (Å²) in [6.07, 6.45) is 0. The number of hydrogen-bond donors (Lipinski definition) is 2. The van der Waals surface area contributed by atoms with E-state index < -0.39 is 0 Å². The summed E-state index contributed by atoms with van der Waals surface area (Å²) in [6.45, 7) is 1.95. The number of hydrogen-bond acceptors (Lipinski definition) is 2. The summed E-state index contributed by atoms with van der Waals surface area (Å²) in [5, 5.41) is 14.2. The van der Waals surface area contributed by atoms with Crippen LogP contribution < -0.4 is 5.32 Å². The second-order valence-corrected chi connectivity index (χ2v) is 4.95. The smallest absolute Gasteiger partial charge is 0.256 e. The first-order valence-electron chi connectivity index (χ1n) is 6.74. The van der Waals surface area contributed by atoms with Crippen molar-refractivity contribution in [2.24, 2.45) is 0 Å². The maximum absolute atomic E-state index is 12.5. The molecule has 0 heterocycles. The summed E-state index contributed by atoms with van der Waals surface area (Å²) in [5.74, 6) is -0.00135. The second kappa shape index (κ2) is 5.29. The molecular weight excluding hydrogens is 262 g/mol. The number of fused-ring (bicyclic) bond motifs is 1. The lowest BCUT2D eigenvalue weighted by molar-refractivity contribution is 0.102. The molecule has 3 aromatic carbocycles. The fourth-order valence-electron chi connectivity index (χ4n) is 2.38. The lowest BCUT2D eigenvalue weighted by Gasteiger charge is -2.10. The Bertz CT molecular complexity index is 824. The van der Waals surface area contributed by atoms with Crippen molar-refractivity contribution in [2.45, 2.75) is 6.92 Å². The molecule has 3 rings (SSSR count). The van der Waals surface area contributed by atoms with Gasteiger partial charge in [0.15, 0.2) is 0 Å². The molecular formula is C18H15NO2. The molecule has 3 aromatic rings. The fraction of sp³-hybridized carbons (Fsp3) is 0.0556. The molecule has 0 atom stereocenters. The molecule has 2 N–H and O–H groups in total. The van der Waals surface area contributed by atoms with Crippen LogP contribution in [0.5, 0.6) is 5.75 Å². The first-order valence-corrected chi connectivity index (χ1v) is 6.74. The van der Waals surface area contributed by atoms with Crippen molar-refractivity contribution in [3.63, 3.8) is 0 Å². The van der Waals surface area contributed by atoms with Gasteiger partial charge in [0.25, 0.3) is 5.91 Å². The van der Waals surface area contributed by atoms with Gasteiger partial charge < -0.3 is 10.4 Å². The molecule has 0 aliphatic rings.